The van der Waals surface area contributed by atoms with Gasteiger partial charge in [0, 0.05) is 47.0 Å². The van der Waals surface area contributed by atoms with Crippen LogP contribution >= 0.6 is 0 Å². The van der Waals surface area contributed by atoms with E-state index in [1.54, 1.807) is 24.0 Å². The first-order chi connectivity index (χ1) is 13.2. The van der Waals surface area contributed by atoms with Crippen LogP contribution < -0.4 is 10.6 Å². The molecule has 0 saturated heterocycles. The minimum absolute atomic E-state index is 0.0781. The Bertz CT molecular complexity index is 707. The molecule has 0 aliphatic heterocycles. The second-order valence-corrected chi connectivity index (χ2v) is 13.1. The number of aromatic nitrogens is 2. The maximum Gasteiger partial charge on any atom is 0.358 e. The summed E-state index contributed by atoms with van der Waals surface area (Å²) in [7, 11) is 1.81. The third-order valence-corrected chi connectivity index (χ3v) is 5.68. The Hall–Kier alpha value is -2.39. The number of aryl methyl sites for hydroxylation is 1. The molecule has 0 atom stereocenters. The summed E-state index contributed by atoms with van der Waals surface area (Å²) in [5.41, 5.74) is 0.647. The number of likely N-dealkylation sites (N-methyl/N-ethyl adjacent to an activating group) is 1. The summed E-state index contributed by atoms with van der Waals surface area (Å²) in [6.45, 7) is 11.3. The summed E-state index contributed by atoms with van der Waals surface area (Å²) in [5, 5.41) is 5.64. The summed E-state index contributed by atoms with van der Waals surface area (Å²) < 4.78 is 12.3. The second kappa shape index (κ2) is 11.5. The smallest absolute Gasteiger partial charge is 0.358 e. The minimum atomic E-state index is -1.18. The molecule has 0 radical (unpaired) electrons. The number of ketones is 1. The Morgan fingerprint density at radius 2 is 2.07 bits per heavy atom. The van der Waals surface area contributed by atoms with Crippen LogP contribution in [0.15, 0.2) is 30.9 Å². The van der Waals surface area contributed by atoms with Gasteiger partial charge in [0.2, 0.25) is 0 Å². The molecule has 1 heterocycles. The quantitative estimate of drug-likeness (QED) is 0.224. The lowest BCUT2D eigenvalue weighted by Crippen LogP contribution is -2.22. The van der Waals surface area contributed by atoms with Gasteiger partial charge in [0.05, 0.1) is 12.8 Å². The highest BCUT2D eigenvalue weighted by molar-refractivity contribution is 6.76. The van der Waals surface area contributed by atoms with Crippen LogP contribution in [0.2, 0.25) is 25.7 Å². The topological polar surface area (TPSA) is 94.5 Å². The van der Waals surface area contributed by atoms with Crippen LogP contribution in [-0.4, -0.2) is 50.1 Å². The number of nitrogens with one attached hydrogen (secondary N) is 2. The molecule has 0 amide bonds. The molecule has 2 N–H and O–H groups in total. The van der Waals surface area contributed by atoms with E-state index < -0.39 is 14.0 Å². The van der Waals surface area contributed by atoms with E-state index in [-0.39, 0.29) is 24.6 Å². The number of carbonyl (C=O) groups excluding carboxylic acids is 2. The first-order valence-corrected chi connectivity index (χ1v) is 12.9. The van der Waals surface area contributed by atoms with Crippen LogP contribution in [-0.2, 0) is 27.4 Å². The summed E-state index contributed by atoms with van der Waals surface area (Å²) in [6.07, 6.45) is 5.26. The lowest BCUT2D eigenvalue weighted by Gasteiger charge is -2.16. The number of allylic oxidation sites excluding steroid dienone is 1. The molecule has 0 aliphatic rings. The van der Waals surface area contributed by atoms with Crippen LogP contribution in [0.3, 0.4) is 0 Å². The number of carbonyl (C=O) groups is 2. The van der Waals surface area contributed by atoms with Gasteiger partial charge in [-0.1, -0.05) is 26.2 Å². The van der Waals surface area contributed by atoms with Gasteiger partial charge in [-0.05, 0) is 12.2 Å². The number of esters is 1. The van der Waals surface area contributed by atoms with Crippen molar-refractivity contribution in [3.05, 3.63) is 42.4 Å². The van der Waals surface area contributed by atoms with Crippen molar-refractivity contribution in [1.82, 2.24) is 20.2 Å². The molecule has 0 unspecified atom stereocenters. The largest absolute Gasteiger partial charge is 0.464 e. The summed E-state index contributed by atoms with van der Waals surface area (Å²) >= 11 is 0. The molecule has 1 rings (SSSR count). The molecular weight excluding hydrogens is 376 g/mol. The zero-order valence-electron chi connectivity index (χ0n) is 17.5. The van der Waals surface area contributed by atoms with Crippen molar-refractivity contribution in [1.29, 1.82) is 0 Å². The van der Waals surface area contributed by atoms with Gasteiger partial charge in [0.1, 0.15) is 12.6 Å². The Labute approximate surface area is 168 Å². The molecule has 9 heteroatoms. The molecule has 156 valence electrons. The average Bonchev–Trinajstić information content (AvgIpc) is 3.05. The van der Waals surface area contributed by atoms with Gasteiger partial charge in [0.15, 0.2) is 11.5 Å². The summed E-state index contributed by atoms with van der Waals surface area (Å²) in [4.78, 5) is 28.5. The number of rotatable bonds is 13. The van der Waals surface area contributed by atoms with Crippen molar-refractivity contribution in [3.63, 3.8) is 0 Å². The number of imidazole rings is 1. The predicted molar refractivity (Wildman–Crippen MR) is 111 cm³/mol. The fraction of sp³-hybridized carbons (Fsp3) is 0.526. The maximum absolute atomic E-state index is 12.4. The predicted octanol–water partition coefficient (Wildman–Crippen LogP) is 2.28. The number of Topliss-reactive ketones (excluding diaryl/α,β-unsaturated/α-hetero) is 1. The van der Waals surface area contributed by atoms with E-state index in [1.807, 2.05) is 0 Å². The fourth-order valence-corrected chi connectivity index (χ4v) is 3.06. The second-order valence-electron chi connectivity index (χ2n) is 7.45. The van der Waals surface area contributed by atoms with Crippen molar-refractivity contribution in [2.45, 2.75) is 45.3 Å². The Kier molecular flexibility index (Phi) is 9.67. The Morgan fingerprint density at radius 1 is 1.36 bits per heavy atom. The van der Waals surface area contributed by atoms with Crippen molar-refractivity contribution >= 4 is 19.8 Å². The van der Waals surface area contributed by atoms with Crippen LogP contribution in [0, 0.1) is 0 Å². The number of hydrogen-bond donors (Lipinski definition) is 2. The van der Waals surface area contributed by atoms with Crippen LogP contribution in [0.5, 0.6) is 0 Å². The van der Waals surface area contributed by atoms with Gasteiger partial charge in [0.25, 0.3) is 0 Å². The molecule has 1 aromatic rings. The number of hydrogen-bond acceptors (Lipinski definition) is 7. The highest BCUT2D eigenvalue weighted by Crippen LogP contribution is 2.11. The molecular formula is C19H32N4O4Si. The molecule has 8 nitrogen and oxygen atoms in total. The standard InChI is InChI=1S/C19H32N4O4Si/c1-7-21-12-15(20-2)17(24)8-9-18-22-16(19(25)26-3)13-23(18)14-27-10-11-28(4,5)6/h7,12-13,20-21H,1,8-11,14H2,2-6H3/b15-12-. The molecule has 28 heavy (non-hydrogen) atoms. The highest BCUT2D eigenvalue weighted by Gasteiger charge is 2.17. The van der Waals surface area contributed by atoms with E-state index in [0.717, 1.165) is 6.04 Å². The Balaban J connectivity index is 2.81. The first kappa shape index (κ1) is 23.6. The van der Waals surface area contributed by atoms with Gasteiger partial charge in [-0.15, -0.1) is 0 Å². The van der Waals surface area contributed by atoms with Crippen molar-refractivity contribution in [3.8, 4) is 0 Å². The van der Waals surface area contributed by atoms with Gasteiger partial charge >= 0.3 is 5.97 Å². The van der Waals surface area contributed by atoms with E-state index in [9.17, 15) is 9.59 Å². The van der Waals surface area contributed by atoms with E-state index in [2.05, 4.69) is 41.8 Å². The number of methoxy groups -OCH3 is 1. The van der Waals surface area contributed by atoms with E-state index in [4.69, 9.17) is 9.47 Å². The van der Waals surface area contributed by atoms with Crippen molar-refractivity contribution in [2.75, 3.05) is 20.8 Å². The SMILES string of the molecule is C=CN/C=C(\NC)C(=O)CCc1nc(C(=O)OC)cn1COCC[Si](C)(C)C. The fourth-order valence-electron chi connectivity index (χ4n) is 2.30. The summed E-state index contributed by atoms with van der Waals surface area (Å²) in [5.74, 6) is 0.0129. The monoisotopic (exact) mass is 408 g/mol. The van der Waals surface area contributed by atoms with Crippen molar-refractivity contribution in [2.24, 2.45) is 0 Å². The van der Waals surface area contributed by atoms with Gasteiger partial charge in [-0.3, -0.25) is 4.79 Å². The van der Waals surface area contributed by atoms with E-state index in [1.165, 1.54) is 13.3 Å². The first-order valence-electron chi connectivity index (χ1n) is 9.22. The molecule has 0 saturated carbocycles. The average molecular weight is 409 g/mol. The zero-order valence-corrected chi connectivity index (χ0v) is 18.5. The number of ether oxygens (including phenoxy) is 2. The van der Waals surface area contributed by atoms with Crippen LogP contribution in [0.4, 0.5) is 0 Å². The third kappa shape index (κ3) is 8.09. The minimum Gasteiger partial charge on any atom is -0.464 e. The molecule has 1 aromatic heterocycles. The van der Waals surface area contributed by atoms with E-state index in [0.29, 0.717) is 24.5 Å². The van der Waals surface area contributed by atoms with Gasteiger partial charge in [-0.2, -0.15) is 0 Å². The highest BCUT2D eigenvalue weighted by atomic mass is 28.3. The third-order valence-electron chi connectivity index (χ3n) is 3.97. The number of nitrogens with zero attached hydrogens (tertiary/aromatic N) is 2. The van der Waals surface area contributed by atoms with Crippen LogP contribution in [0.1, 0.15) is 22.7 Å². The molecule has 0 fully saturated rings. The molecule has 0 aromatic carbocycles. The van der Waals surface area contributed by atoms with Gasteiger partial charge < -0.3 is 24.7 Å². The lowest BCUT2D eigenvalue weighted by atomic mass is 10.1. The van der Waals surface area contributed by atoms with Crippen molar-refractivity contribution < 1.29 is 19.1 Å². The molecule has 0 aliphatic carbocycles. The van der Waals surface area contributed by atoms with Gasteiger partial charge in [-0.25, -0.2) is 9.78 Å². The normalized spacial score (nSPS) is 11.8. The summed E-state index contributed by atoms with van der Waals surface area (Å²) in [6, 6.07) is 1.05. The van der Waals surface area contributed by atoms with E-state index >= 15 is 0 Å². The van der Waals surface area contributed by atoms with Crippen LogP contribution in [0.25, 0.3) is 0 Å². The molecule has 0 bridgehead atoms. The maximum atomic E-state index is 12.4. The Morgan fingerprint density at radius 3 is 2.64 bits per heavy atom. The lowest BCUT2D eigenvalue weighted by molar-refractivity contribution is -0.115. The zero-order chi connectivity index (χ0) is 21.2. The molecule has 0 spiro atoms.